The number of unbranched alkanes of at least 4 members (excludes halogenated alkanes) is 1. The summed E-state index contributed by atoms with van der Waals surface area (Å²) < 4.78 is 14.0. The zero-order valence-corrected chi connectivity index (χ0v) is 19.3. The normalized spacial score (nSPS) is 12.6. The highest BCUT2D eigenvalue weighted by Crippen LogP contribution is 2.26. The van der Waals surface area contributed by atoms with Gasteiger partial charge in [0.25, 0.3) is 0 Å². The minimum absolute atomic E-state index is 0.602. The van der Waals surface area contributed by atoms with E-state index in [0.29, 0.717) is 12.2 Å². The van der Waals surface area contributed by atoms with Crippen LogP contribution in [-0.2, 0) is 6.42 Å². The third-order valence-electron chi connectivity index (χ3n) is 4.87. The molecular weight excluding hydrogens is 486 g/mol. The Balaban J connectivity index is 1.66. The van der Waals surface area contributed by atoms with E-state index in [-0.39, 0.29) is 0 Å². The zero-order valence-electron chi connectivity index (χ0n) is 17.2. The minimum atomic E-state index is -0.735. The first kappa shape index (κ1) is 22.3. The molecule has 0 spiro atoms. The molecule has 1 atom stereocenters. The van der Waals surface area contributed by atoms with Crippen molar-refractivity contribution in [3.8, 4) is 22.5 Å². The number of rotatable bonds is 9. The summed E-state index contributed by atoms with van der Waals surface area (Å²) in [5.74, 6) is 0.710. The molecule has 0 aliphatic rings. The van der Waals surface area contributed by atoms with Gasteiger partial charge in [0.05, 0.1) is 6.17 Å². The van der Waals surface area contributed by atoms with E-state index < -0.39 is 6.17 Å². The van der Waals surface area contributed by atoms with E-state index >= 15 is 0 Å². The van der Waals surface area contributed by atoms with Crippen LogP contribution in [0.3, 0.4) is 0 Å². The molecule has 0 aliphatic heterocycles. The van der Waals surface area contributed by atoms with Gasteiger partial charge in [-0.1, -0.05) is 60.7 Å². The molecule has 3 aromatic rings. The highest BCUT2D eigenvalue weighted by atomic mass is 127. The van der Waals surface area contributed by atoms with E-state index in [1.54, 1.807) is 6.92 Å². The van der Waals surface area contributed by atoms with E-state index in [9.17, 15) is 4.39 Å². The van der Waals surface area contributed by atoms with Crippen molar-refractivity contribution in [2.75, 3.05) is 0 Å². The molecule has 3 rings (SSSR count). The molecule has 30 heavy (non-hydrogen) atoms. The standard InChI is InChI=1S/C26H26FIN2/c1-3-6-20-9-11-21(12-10-20)22-13-15-23(16-14-22)26-29-17-24(18-30-26)25(28)8-5-4-7-19(2)27/h3,8-19H,1,4-7H2,2H3. The van der Waals surface area contributed by atoms with Gasteiger partial charge in [-0.25, -0.2) is 14.4 Å². The maximum absolute atomic E-state index is 12.9. The first-order valence-corrected chi connectivity index (χ1v) is 11.3. The van der Waals surface area contributed by atoms with Gasteiger partial charge in [0.2, 0.25) is 0 Å². The van der Waals surface area contributed by atoms with Crippen LogP contribution >= 0.6 is 22.6 Å². The van der Waals surface area contributed by atoms with Crippen LogP contribution in [0.1, 0.15) is 37.3 Å². The lowest BCUT2D eigenvalue weighted by atomic mass is 10.0. The molecule has 0 bridgehead atoms. The van der Waals surface area contributed by atoms with Gasteiger partial charge in [0, 0.05) is 27.1 Å². The molecule has 0 aliphatic carbocycles. The van der Waals surface area contributed by atoms with Crippen molar-refractivity contribution in [1.82, 2.24) is 9.97 Å². The van der Waals surface area contributed by atoms with Crippen molar-refractivity contribution in [3.63, 3.8) is 0 Å². The predicted molar refractivity (Wildman–Crippen MR) is 133 cm³/mol. The Kier molecular flexibility index (Phi) is 8.31. The molecule has 4 heteroatoms. The number of aromatic nitrogens is 2. The van der Waals surface area contributed by atoms with Crippen molar-refractivity contribution in [1.29, 1.82) is 0 Å². The van der Waals surface area contributed by atoms with E-state index in [4.69, 9.17) is 0 Å². The van der Waals surface area contributed by atoms with E-state index in [0.717, 1.165) is 34.0 Å². The highest BCUT2D eigenvalue weighted by Gasteiger charge is 2.05. The van der Waals surface area contributed by atoms with Crippen molar-refractivity contribution in [2.24, 2.45) is 0 Å². The maximum Gasteiger partial charge on any atom is 0.159 e. The summed E-state index contributed by atoms with van der Waals surface area (Å²) in [6.45, 7) is 5.39. The van der Waals surface area contributed by atoms with E-state index in [1.165, 1.54) is 16.7 Å². The Labute approximate surface area is 192 Å². The fourth-order valence-electron chi connectivity index (χ4n) is 3.16. The van der Waals surface area contributed by atoms with Crippen molar-refractivity contribution in [2.45, 2.75) is 38.8 Å². The first-order valence-electron chi connectivity index (χ1n) is 10.2. The Hall–Kier alpha value is -2.34. The van der Waals surface area contributed by atoms with Gasteiger partial charge < -0.3 is 0 Å². The Morgan fingerprint density at radius 1 is 1.00 bits per heavy atom. The largest absolute Gasteiger partial charge is 0.248 e. The van der Waals surface area contributed by atoms with Gasteiger partial charge >= 0.3 is 0 Å². The van der Waals surface area contributed by atoms with Crippen LogP contribution in [-0.4, -0.2) is 16.1 Å². The second-order valence-electron chi connectivity index (χ2n) is 7.33. The molecule has 1 heterocycles. The summed E-state index contributed by atoms with van der Waals surface area (Å²) in [6, 6.07) is 16.9. The second kappa shape index (κ2) is 11.2. The van der Waals surface area contributed by atoms with E-state index in [1.807, 2.05) is 18.5 Å². The molecule has 0 fully saturated rings. The molecule has 1 unspecified atom stereocenters. The SMILES string of the molecule is C=CCc1ccc(-c2ccc(-c3ncc(C(I)=CCCCC(C)F)cn3)cc2)cc1. The van der Waals surface area contributed by atoms with Crippen LogP contribution in [0.5, 0.6) is 0 Å². The average Bonchev–Trinajstić information content (AvgIpc) is 2.77. The van der Waals surface area contributed by atoms with Crippen molar-refractivity contribution < 1.29 is 4.39 Å². The third kappa shape index (κ3) is 6.33. The van der Waals surface area contributed by atoms with Crippen LogP contribution in [0.2, 0.25) is 0 Å². The summed E-state index contributed by atoms with van der Waals surface area (Å²) >= 11 is 2.29. The van der Waals surface area contributed by atoms with Crippen LogP contribution in [0, 0.1) is 0 Å². The number of benzene rings is 2. The van der Waals surface area contributed by atoms with Crippen molar-refractivity contribution >= 4 is 26.2 Å². The topological polar surface area (TPSA) is 25.8 Å². The fraction of sp³-hybridized carbons (Fsp3) is 0.231. The van der Waals surface area contributed by atoms with Gasteiger partial charge in [0.15, 0.2) is 5.82 Å². The monoisotopic (exact) mass is 512 g/mol. The smallest absolute Gasteiger partial charge is 0.159 e. The number of hydrogen-bond donors (Lipinski definition) is 0. The quantitative estimate of drug-likeness (QED) is 0.166. The summed E-state index contributed by atoms with van der Waals surface area (Å²) in [5.41, 5.74) is 5.60. The third-order valence-corrected chi connectivity index (χ3v) is 5.93. The lowest BCUT2D eigenvalue weighted by Gasteiger charge is -2.06. The Morgan fingerprint density at radius 2 is 1.57 bits per heavy atom. The number of hydrogen-bond acceptors (Lipinski definition) is 2. The summed E-state index contributed by atoms with van der Waals surface area (Å²) in [7, 11) is 0. The summed E-state index contributed by atoms with van der Waals surface area (Å²) in [6.07, 6.45) is 10.2. The molecular formula is C26H26FIN2. The number of alkyl halides is 1. The Bertz CT molecular complexity index is 975. The van der Waals surface area contributed by atoms with Crippen LogP contribution in [0.15, 0.2) is 79.7 Å². The molecule has 0 amide bonds. The van der Waals surface area contributed by atoms with Gasteiger partial charge in [-0.15, -0.1) is 6.58 Å². The molecule has 0 radical (unpaired) electrons. The average molecular weight is 512 g/mol. The first-order chi connectivity index (χ1) is 14.6. The maximum atomic E-state index is 12.9. The molecule has 1 aromatic heterocycles. The number of halogens is 2. The van der Waals surface area contributed by atoms with Crippen LogP contribution in [0.4, 0.5) is 4.39 Å². The fourth-order valence-corrected chi connectivity index (χ4v) is 3.75. The Morgan fingerprint density at radius 3 is 2.13 bits per heavy atom. The molecule has 0 N–H and O–H groups in total. The number of nitrogens with zero attached hydrogens (tertiary/aromatic N) is 2. The van der Waals surface area contributed by atoms with Gasteiger partial charge in [-0.2, -0.15) is 0 Å². The van der Waals surface area contributed by atoms with Crippen LogP contribution < -0.4 is 0 Å². The lowest BCUT2D eigenvalue weighted by Crippen LogP contribution is -1.92. The molecule has 154 valence electrons. The highest BCUT2D eigenvalue weighted by molar-refractivity contribution is 14.1. The molecule has 2 nitrogen and oxygen atoms in total. The van der Waals surface area contributed by atoms with Crippen molar-refractivity contribution in [3.05, 3.63) is 90.8 Å². The zero-order chi connectivity index (χ0) is 21.3. The molecule has 0 saturated heterocycles. The van der Waals surface area contributed by atoms with Gasteiger partial charge in [-0.05, 0) is 71.9 Å². The summed E-state index contributed by atoms with van der Waals surface area (Å²) in [4.78, 5) is 9.07. The second-order valence-corrected chi connectivity index (χ2v) is 8.49. The molecule has 2 aromatic carbocycles. The summed E-state index contributed by atoms with van der Waals surface area (Å²) in [5, 5.41) is 0. The lowest BCUT2D eigenvalue weighted by molar-refractivity contribution is 0.335. The van der Waals surface area contributed by atoms with Crippen LogP contribution in [0.25, 0.3) is 26.1 Å². The van der Waals surface area contributed by atoms with Gasteiger partial charge in [-0.3, -0.25) is 0 Å². The van der Waals surface area contributed by atoms with E-state index in [2.05, 4.69) is 93.7 Å². The minimum Gasteiger partial charge on any atom is -0.248 e. The number of allylic oxidation sites excluding steroid dienone is 2. The predicted octanol–water partition coefficient (Wildman–Crippen LogP) is 7.84. The van der Waals surface area contributed by atoms with Gasteiger partial charge in [0.1, 0.15) is 0 Å². The molecule has 0 saturated carbocycles.